The standard InChI is InChI=1S/C16H22N4O/c17-11-12-3-1-5-15(12)20-16(19-13-6-7-13)18-9-8-14-4-2-10-21-14/h2,4,10,12-13,15H,1,3,5-9H2,(H2,18,19,20). The highest BCUT2D eigenvalue weighted by atomic mass is 16.3. The van der Waals surface area contributed by atoms with Crippen LogP contribution in [-0.4, -0.2) is 24.6 Å². The molecule has 112 valence electrons. The highest BCUT2D eigenvalue weighted by molar-refractivity contribution is 5.80. The maximum atomic E-state index is 9.18. The van der Waals surface area contributed by atoms with Crippen molar-refractivity contribution in [2.75, 3.05) is 6.54 Å². The van der Waals surface area contributed by atoms with E-state index in [9.17, 15) is 5.26 Å². The molecule has 1 aromatic heterocycles. The average molecular weight is 286 g/mol. The Balaban J connectivity index is 1.56. The van der Waals surface area contributed by atoms with E-state index in [1.54, 1.807) is 6.26 Å². The molecule has 1 heterocycles. The van der Waals surface area contributed by atoms with Gasteiger partial charge in [-0.3, -0.25) is 4.99 Å². The van der Waals surface area contributed by atoms with Crippen LogP contribution >= 0.6 is 0 Å². The third-order valence-corrected chi connectivity index (χ3v) is 4.13. The van der Waals surface area contributed by atoms with Crippen LogP contribution in [0.1, 0.15) is 37.9 Å². The lowest BCUT2D eigenvalue weighted by Gasteiger charge is -2.19. The van der Waals surface area contributed by atoms with E-state index in [2.05, 4.69) is 21.7 Å². The van der Waals surface area contributed by atoms with E-state index >= 15 is 0 Å². The summed E-state index contributed by atoms with van der Waals surface area (Å²) in [6.45, 7) is 0.694. The third kappa shape index (κ3) is 4.01. The van der Waals surface area contributed by atoms with Crippen molar-refractivity contribution in [3.05, 3.63) is 24.2 Å². The molecule has 0 aromatic carbocycles. The molecule has 2 saturated carbocycles. The van der Waals surface area contributed by atoms with Crippen LogP contribution < -0.4 is 10.6 Å². The highest BCUT2D eigenvalue weighted by Gasteiger charge is 2.29. The van der Waals surface area contributed by atoms with Crippen molar-refractivity contribution in [2.24, 2.45) is 10.9 Å². The molecule has 0 aliphatic heterocycles. The number of nitrogens with zero attached hydrogens (tertiary/aromatic N) is 2. The first-order valence-electron chi connectivity index (χ1n) is 7.84. The fraction of sp³-hybridized carbons (Fsp3) is 0.625. The normalized spacial score (nSPS) is 25.6. The predicted octanol–water partition coefficient (Wildman–Crippen LogP) is 2.21. The minimum Gasteiger partial charge on any atom is -0.469 e. The Morgan fingerprint density at radius 3 is 2.95 bits per heavy atom. The lowest BCUT2D eigenvalue weighted by atomic mass is 10.1. The maximum Gasteiger partial charge on any atom is 0.191 e. The van der Waals surface area contributed by atoms with Crippen molar-refractivity contribution in [1.82, 2.24) is 10.6 Å². The number of furan rings is 1. The van der Waals surface area contributed by atoms with E-state index in [1.807, 2.05) is 12.1 Å². The Morgan fingerprint density at radius 2 is 2.24 bits per heavy atom. The minimum atomic E-state index is 0.112. The van der Waals surface area contributed by atoms with Gasteiger partial charge in [-0.15, -0.1) is 0 Å². The van der Waals surface area contributed by atoms with E-state index in [1.165, 1.54) is 12.8 Å². The van der Waals surface area contributed by atoms with Gasteiger partial charge in [0.05, 0.1) is 18.3 Å². The van der Waals surface area contributed by atoms with Gasteiger partial charge in [0.25, 0.3) is 0 Å². The molecule has 0 spiro atoms. The van der Waals surface area contributed by atoms with E-state index < -0.39 is 0 Å². The Bertz CT molecular complexity index is 513. The summed E-state index contributed by atoms with van der Waals surface area (Å²) in [5, 5.41) is 16.1. The molecular weight excluding hydrogens is 264 g/mol. The molecule has 5 heteroatoms. The zero-order valence-corrected chi connectivity index (χ0v) is 12.2. The van der Waals surface area contributed by atoms with Crippen LogP contribution in [0.15, 0.2) is 27.8 Å². The van der Waals surface area contributed by atoms with Crippen LogP contribution in [0, 0.1) is 17.2 Å². The van der Waals surface area contributed by atoms with E-state index in [0.717, 1.165) is 37.4 Å². The summed E-state index contributed by atoms with van der Waals surface area (Å²) in [5.41, 5.74) is 0. The Kier molecular flexibility index (Phi) is 4.44. The van der Waals surface area contributed by atoms with Gasteiger partial charge in [-0.05, 0) is 44.2 Å². The van der Waals surface area contributed by atoms with Gasteiger partial charge in [0, 0.05) is 25.0 Å². The monoisotopic (exact) mass is 286 g/mol. The minimum absolute atomic E-state index is 0.112. The van der Waals surface area contributed by atoms with Gasteiger partial charge < -0.3 is 15.1 Å². The Morgan fingerprint density at radius 1 is 1.33 bits per heavy atom. The van der Waals surface area contributed by atoms with Crippen LogP contribution in [0.3, 0.4) is 0 Å². The molecule has 0 bridgehead atoms. The lowest BCUT2D eigenvalue weighted by Crippen LogP contribution is -2.45. The fourth-order valence-corrected chi connectivity index (χ4v) is 2.75. The summed E-state index contributed by atoms with van der Waals surface area (Å²) in [5.74, 6) is 1.93. The Hall–Kier alpha value is -1.96. The molecule has 5 nitrogen and oxygen atoms in total. The highest BCUT2D eigenvalue weighted by Crippen LogP contribution is 2.25. The van der Waals surface area contributed by atoms with Gasteiger partial charge in [-0.25, -0.2) is 0 Å². The molecule has 0 saturated heterocycles. The van der Waals surface area contributed by atoms with Crippen molar-refractivity contribution in [3.63, 3.8) is 0 Å². The van der Waals surface area contributed by atoms with Crippen LogP contribution in [0.25, 0.3) is 0 Å². The number of aliphatic imine (C=N–C) groups is 1. The maximum absolute atomic E-state index is 9.18. The number of rotatable bonds is 5. The molecule has 2 fully saturated rings. The molecular formula is C16H22N4O. The van der Waals surface area contributed by atoms with E-state index in [0.29, 0.717) is 12.6 Å². The summed E-state index contributed by atoms with van der Waals surface area (Å²) in [6.07, 6.45) is 8.10. The lowest BCUT2D eigenvalue weighted by molar-refractivity contribution is 0.509. The molecule has 3 rings (SSSR count). The summed E-state index contributed by atoms with van der Waals surface area (Å²) < 4.78 is 5.32. The molecule has 2 aliphatic carbocycles. The van der Waals surface area contributed by atoms with Crippen molar-refractivity contribution in [1.29, 1.82) is 5.26 Å². The number of nitrogens with one attached hydrogen (secondary N) is 2. The second-order valence-electron chi connectivity index (χ2n) is 5.90. The molecule has 1 aromatic rings. The third-order valence-electron chi connectivity index (χ3n) is 4.13. The molecule has 0 amide bonds. The van der Waals surface area contributed by atoms with Crippen molar-refractivity contribution >= 4 is 5.96 Å². The van der Waals surface area contributed by atoms with Gasteiger partial charge in [0.1, 0.15) is 5.76 Å². The fourth-order valence-electron chi connectivity index (χ4n) is 2.75. The van der Waals surface area contributed by atoms with Crippen molar-refractivity contribution in [3.8, 4) is 6.07 Å². The molecule has 2 aliphatic rings. The van der Waals surface area contributed by atoms with Gasteiger partial charge in [-0.2, -0.15) is 5.26 Å². The van der Waals surface area contributed by atoms with Gasteiger partial charge in [-0.1, -0.05) is 0 Å². The average Bonchev–Trinajstić information content (AvgIpc) is 2.98. The first-order chi connectivity index (χ1) is 10.3. The first-order valence-corrected chi connectivity index (χ1v) is 7.84. The van der Waals surface area contributed by atoms with E-state index in [-0.39, 0.29) is 12.0 Å². The zero-order valence-electron chi connectivity index (χ0n) is 12.2. The van der Waals surface area contributed by atoms with Gasteiger partial charge in [0.15, 0.2) is 5.96 Å². The van der Waals surface area contributed by atoms with Crippen LogP contribution in [0.4, 0.5) is 0 Å². The number of nitriles is 1. The molecule has 2 N–H and O–H groups in total. The quantitative estimate of drug-likeness (QED) is 0.643. The Labute approximate surface area is 125 Å². The second-order valence-corrected chi connectivity index (χ2v) is 5.90. The van der Waals surface area contributed by atoms with Crippen LogP contribution in [-0.2, 0) is 6.42 Å². The summed E-state index contributed by atoms with van der Waals surface area (Å²) in [7, 11) is 0. The first kappa shape index (κ1) is 14.0. The summed E-state index contributed by atoms with van der Waals surface area (Å²) in [6, 6.07) is 7.07. The zero-order chi connectivity index (χ0) is 14.5. The molecule has 0 radical (unpaired) electrons. The molecule has 2 unspecified atom stereocenters. The van der Waals surface area contributed by atoms with Crippen LogP contribution in [0.5, 0.6) is 0 Å². The summed E-state index contributed by atoms with van der Waals surface area (Å²) >= 11 is 0. The van der Waals surface area contributed by atoms with Crippen LogP contribution in [0.2, 0.25) is 0 Å². The second kappa shape index (κ2) is 6.66. The van der Waals surface area contributed by atoms with Gasteiger partial charge in [0.2, 0.25) is 0 Å². The number of hydrogen-bond acceptors (Lipinski definition) is 3. The van der Waals surface area contributed by atoms with Gasteiger partial charge >= 0.3 is 0 Å². The molecule has 2 atom stereocenters. The van der Waals surface area contributed by atoms with E-state index in [4.69, 9.17) is 4.42 Å². The molecule has 21 heavy (non-hydrogen) atoms. The predicted molar refractivity (Wildman–Crippen MR) is 80.7 cm³/mol. The van der Waals surface area contributed by atoms with Crippen molar-refractivity contribution < 1.29 is 4.42 Å². The van der Waals surface area contributed by atoms with Crippen molar-refractivity contribution in [2.45, 2.75) is 50.6 Å². The smallest absolute Gasteiger partial charge is 0.191 e. The SMILES string of the molecule is N#CC1CCCC1NC(=NCCc1ccco1)NC1CC1. The largest absolute Gasteiger partial charge is 0.469 e. The number of guanidine groups is 1. The number of hydrogen-bond donors (Lipinski definition) is 2. The topological polar surface area (TPSA) is 73.3 Å². The summed E-state index contributed by atoms with van der Waals surface area (Å²) in [4.78, 5) is 4.64.